The molecule has 0 saturated carbocycles. The highest BCUT2D eigenvalue weighted by molar-refractivity contribution is 5.94. The summed E-state index contributed by atoms with van der Waals surface area (Å²) in [5, 5.41) is 0. The average Bonchev–Trinajstić information content (AvgIpc) is 3.06. The van der Waals surface area contributed by atoms with Crippen molar-refractivity contribution in [3.8, 4) is 5.75 Å². The van der Waals surface area contributed by atoms with Crippen LogP contribution in [0.3, 0.4) is 0 Å². The van der Waals surface area contributed by atoms with Crippen molar-refractivity contribution in [1.29, 1.82) is 0 Å². The zero-order valence-electron chi connectivity index (χ0n) is 14.8. The smallest absolute Gasteiger partial charge is 0.406 e. The van der Waals surface area contributed by atoms with Crippen molar-refractivity contribution >= 4 is 5.91 Å². The molecule has 142 valence electrons. The van der Waals surface area contributed by atoms with Crippen molar-refractivity contribution in [2.45, 2.75) is 33.0 Å². The van der Waals surface area contributed by atoms with Gasteiger partial charge < -0.3 is 14.1 Å². The third-order valence-electron chi connectivity index (χ3n) is 3.65. The van der Waals surface area contributed by atoms with Gasteiger partial charge in [-0.2, -0.15) is 13.2 Å². The van der Waals surface area contributed by atoms with E-state index >= 15 is 0 Å². The molecule has 0 aliphatic rings. The first-order chi connectivity index (χ1) is 12.2. The van der Waals surface area contributed by atoms with Gasteiger partial charge in [0.15, 0.2) is 0 Å². The molecule has 0 spiro atoms. The molecule has 0 aliphatic carbocycles. The molecular formula is C19H22F3NO3. The van der Waals surface area contributed by atoms with Crippen LogP contribution in [0.1, 0.15) is 36.4 Å². The Morgan fingerprint density at radius 1 is 1.19 bits per heavy atom. The molecule has 1 heterocycles. The number of alkyl halides is 3. The topological polar surface area (TPSA) is 42.7 Å². The molecule has 7 heteroatoms. The van der Waals surface area contributed by atoms with Crippen molar-refractivity contribution in [2.75, 3.05) is 13.2 Å². The van der Waals surface area contributed by atoms with E-state index in [2.05, 4.69) is 13.8 Å². The maximum absolute atomic E-state index is 12.8. The van der Waals surface area contributed by atoms with Crippen molar-refractivity contribution < 1.29 is 27.1 Å². The van der Waals surface area contributed by atoms with Gasteiger partial charge in [-0.25, -0.2) is 0 Å². The van der Waals surface area contributed by atoms with Gasteiger partial charge in [0.2, 0.25) is 0 Å². The summed E-state index contributed by atoms with van der Waals surface area (Å²) in [6, 6.07) is 9.22. The molecule has 0 unspecified atom stereocenters. The highest BCUT2D eigenvalue weighted by Crippen LogP contribution is 2.21. The Morgan fingerprint density at radius 2 is 1.88 bits per heavy atom. The first kappa shape index (κ1) is 19.9. The maximum Gasteiger partial charge on any atom is 0.406 e. The number of rotatable bonds is 8. The number of hydrogen-bond acceptors (Lipinski definition) is 3. The Balaban J connectivity index is 2.06. The molecule has 1 amide bonds. The van der Waals surface area contributed by atoms with Crippen molar-refractivity contribution in [1.82, 2.24) is 4.90 Å². The molecule has 2 rings (SSSR count). The maximum atomic E-state index is 12.8. The van der Waals surface area contributed by atoms with E-state index in [1.807, 2.05) is 0 Å². The zero-order chi connectivity index (χ0) is 19.2. The quantitative estimate of drug-likeness (QED) is 0.664. The minimum Gasteiger partial charge on any atom is -0.494 e. The lowest BCUT2D eigenvalue weighted by Crippen LogP contribution is -2.38. The molecule has 0 N–H and O–H groups in total. The third kappa shape index (κ3) is 6.46. The Hall–Kier alpha value is -2.44. The largest absolute Gasteiger partial charge is 0.494 e. The lowest BCUT2D eigenvalue weighted by atomic mass is 10.1. The predicted molar refractivity (Wildman–Crippen MR) is 90.9 cm³/mol. The van der Waals surface area contributed by atoms with Crippen LogP contribution in [0.15, 0.2) is 47.1 Å². The normalized spacial score (nSPS) is 11.6. The number of amides is 1. The number of benzene rings is 1. The number of nitrogens with zero attached hydrogens (tertiary/aromatic N) is 1. The van der Waals surface area contributed by atoms with Crippen LogP contribution >= 0.6 is 0 Å². The Kier molecular flexibility index (Phi) is 6.71. The minimum atomic E-state index is -4.50. The fourth-order valence-electron chi connectivity index (χ4n) is 2.30. The van der Waals surface area contributed by atoms with Crippen molar-refractivity contribution in [2.24, 2.45) is 5.92 Å². The van der Waals surface area contributed by atoms with Crippen LogP contribution in [0.2, 0.25) is 0 Å². The van der Waals surface area contributed by atoms with Gasteiger partial charge in [0.05, 0.1) is 19.4 Å². The van der Waals surface area contributed by atoms with Gasteiger partial charge in [-0.05, 0) is 48.7 Å². The fraction of sp³-hybridized carbons (Fsp3) is 0.421. The molecular weight excluding hydrogens is 347 g/mol. The number of furan rings is 1. The second-order valence-electron chi connectivity index (χ2n) is 6.41. The van der Waals surface area contributed by atoms with E-state index in [-0.39, 0.29) is 17.9 Å². The lowest BCUT2D eigenvalue weighted by Gasteiger charge is -2.23. The van der Waals surface area contributed by atoms with Gasteiger partial charge in [0.1, 0.15) is 18.1 Å². The summed E-state index contributed by atoms with van der Waals surface area (Å²) in [6.07, 6.45) is -2.25. The minimum absolute atomic E-state index is 0.164. The number of carbonyl (C=O) groups is 1. The van der Waals surface area contributed by atoms with Crippen molar-refractivity contribution in [3.63, 3.8) is 0 Å². The number of carbonyl (C=O) groups excluding carboxylic acids is 1. The van der Waals surface area contributed by atoms with Gasteiger partial charge in [0, 0.05) is 5.56 Å². The van der Waals surface area contributed by atoms with Gasteiger partial charge in [0.25, 0.3) is 5.91 Å². The fourth-order valence-corrected chi connectivity index (χ4v) is 2.30. The molecule has 0 radical (unpaired) electrons. The molecule has 0 atom stereocenters. The van der Waals surface area contributed by atoms with Crippen LogP contribution < -0.4 is 4.74 Å². The van der Waals surface area contributed by atoms with Gasteiger partial charge in [-0.3, -0.25) is 4.79 Å². The summed E-state index contributed by atoms with van der Waals surface area (Å²) in [5.74, 6) is 0.660. The molecule has 0 fully saturated rings. The molecule has 4 nitrogen and oxygen atoms in total. The van der Waals surface area contributed by atoms with E-state index < -0.39 is 18.6 Å². The van der Waals surface area contributed by atoms with E-state index in [1.54, 1.807) is 18.2 Å². The highest BCUT2D eigenvalue weighted by atomic mass is 19.4. The molecule has 1 aromatic heterocycles. The Labute approximate surface area is 150 Å². The predicted octanol–water partition coefficient (Wildman–Crippen LogP) is 4.91. The molecule has 26 heavy (non-hydrogen) atoms. The zero-order valence-corrected chi connectivity index (χ0v) is 14.8. The standard InChI is InChI=1S/C19H22F3NO3/c1-14(2)9-11-26-16-7-5-15(6-8-16)18(24)23(13-19(20,21)22)12-17-4-3-10-25-17/h3-8,10,14H,9,11-13H2,1-2H3. The number of ether oxygens (including phenoxy) is 1. The molecule has 0 bridgehead atoms. The monoisotopic (exact) mass is 369 g/mol. The first-order valence-corrected chi connectivity index (χ1v) is 8.36. The van der Waals surface area contributed by atoms with Crippen LogP contribution in [0.25, 0.3) is 0 Å². The molecule has 1 aromatic carbocycles. The summed E-state index contributed by atoms with van der Waals surface area (Å²) in [5.41, 5.74) is 0.164. The molecule has 0 saturated heterocycles. The summed E-state index contributed by atoms with van der Waals surface area (Å²) in [6.45, 7) is 3.11. The summed E-state index contributed by atoms with van der Waals surface area (Å²) < 4.78 is 49.1. The Morgan fingerprint density at radius 3 is 2.42 bits per heavy atom. The second-order valence-corrected chi connectivity index (χ2v) is 6.41. The van der Waals surface area contributed by atoms with E-state index in [0.29, 0.717) is 23.2 Å². The van der Waals surface area contributed by atoms with Gasteiger partial charge in [-0.1, -0.05) is 13.8 Å². The van der Waals surface area contributed by atoms with E-state index in [0.717, 1.165) is 6.42 Å². The van der Waals surface area contributed by atoms with Crippen LogP contribution in [0, 0.1) is 5.92 Å². The lowest BCUT2D eigenvalue weighted by molar-refractivity contribution is -0.142. The van der Waals surface area contributed by atoms with Crippen molar-refractivity contribution in [3.05, 3.63) is 54.0 Å². The Bertz CT molecular complexity index is 679. The molecule has 0 aliphatic heterocycles. The third-order valence-corrected chi connectivity index (χ3v) is 3.65. The summed E-state index contributed by atoms with van der Waals surface area (Å²) >= 11 is 0. The van der Waals surface area contributed by atoms with Crippen LogP contribution in [0.4, 0.5) is 13.2 Å². The van der Waals surface area contributed by atoms with Gasteiger partial charge in [-0.15, -0.1) is 0 Å². The summed E-state index contributed by atoms with van der Waals surface area (Å²) in [7, 11) is 0. The van der Waals surface area contributed by atoms with Crippen LogP contribution in [0.5, 0.6) is 5.75 Å². The summed E-state index contributed by atoms with van der Waals surface area (Å²) in [4.78, 5) is 13.2. The highest BCUT2D eigenvalue weighted by Gasteiger charge is 2.33. The van der Waals surface area contributed by atoms with Crippen LogP contribution in [-0.2, 0) is 6.54 Å². The van der Waals surface area contributed by atoms with E-state index in [9.17, 15) is 18.0 Å². The van der Waals surface area contributed by atoms with E-state index in [1.165, 1.54) is 24.5 Å². The molecule has 2 aromatic rings. The SMILES string of the molecule is CC(C)CCOc1ccc(C(=O)N(Cc2ccco2)CC(F)(F)F)cc1. The number of hydrogen-bond donors (Lipinski definition) is 0. The van der Waals surface area contributed by atoms with E-state index in [4.69, 9.17) is 9.15 Å². The average molecular weight is 369 g/mol. The van der Waals surface area contributed by atoms with Crippen LogP contribution in [-0.4, -0.2) is 30.1 Å². The first-order valence-electron chi connectivity index (χ1n) is 8.36. The number of halogens is 3. The second kappa shape index (κ2) is 8.78. The van der Waals surface area contributed by atoms with Gasteiger partial charge >= 0.3 is 6.18 Å².